The molecule has 0 aromatic carbocycles. The largest absolute Gasteiger partial charge is 0.297 e. The first-order chi connectivity index (χ1) is 4.34. The molecular weight excluding hydrogens is 122 g/mol. The zero-order valence-electron chi connectivity index (χ0n) is 7.94. The second kappa shape index (κ2) is 3.38. The molecular formula is C9H20N. The Kier molecular flexibility index (Phi) is 3.37. The number of nitrogens with zero attached hydrogens (tertiary/aromatic N) is 1. The van der Waals surface area contributed by atoms with Crippen LogP contribution in [-0.4, -0.2) is 17.0 Å². The zero-order valence-corrected chi connectivity index (χ0v) is 7.94. The molecule has 0 spiro atoms. The van der Waals surface area contributed by atoms with Gasteiger partial charge < -0.3 is 0 Å². The van der Waals surface area contributed by atoms with Crippen molar-refractivity contribution in [3.05, 3.63) is 7.05 Å². The first kappa shape index (κ1) is 9.96. The van der Waals surface area contributed by atoms with Gasteiger partial charge in [-0.1, -0.05) is 13.8 Å². The molecule has 0 aliphatic rings. The van der Waals surface area contributed by atoms with Gasteiger partial charge in [0.1, 0.15) is 0 Å². The van der Waals surface area contributed by atoms with Gasteiger partial charge in [0.25, 0.3) is 0 Å². The minimum Gasteiger partial charge on any atom is -0.297 e. The fraction of sp³-hybridized carbons (Fsp3) is 0.889. The molecule has 0 heterocycles. The van der Waals surface area contributed by atoms with Gasteiger partial charge in [-0.25, -0.2) is 0 Å². The van der Waals surface area contributed by atoms with Gasteiger partial charge in [0, 0.05) is 19.1 Å². The number of rotatable bonds is 2. The molecule has 0 fully saturated rings. The molecule has 0 N–H and O–H groups in total. The molecule has 61 valence electrons. The van der Waals surface area contributed by atoms with Crippen molar-refractivity contribution in [2.24, 2.45) is 5.92 Å². The maximum atomic E-state index is 3.98. The minimum atomic E-state index is 0.213. The summed E-state index contributed by atoms with van der Waals surface area (Å²) in [5.74, 6) is 0.705. The van der Waals surface area contributed by atoms with E-state index in [1.54, 1.807) is 0 Å². The lowest BCUT2D eigenvalue weighted by atomic mass is 10.1. The van der Waals surface area contributed by atoms with E-state index in [0.29, 0.717) is 5.92 Å². The molecule has 0 saturated carbocycles. The normalized spacial score (nSPS) is 13.2. The molecule has 10 heavy (non-hydrogen) atoms. The highest BCUT2D eigenvalue weighted by Gasteiger charge is 2.16. The van der Waals surface area contributed by atoms with Crippen molar-refractivity contribution in [2.45, 2.75) is 40.2 Å². The van der Waals surface area contributed by atoms with Crippen molar-refractivity contribution in [3.8, 4) is 0 Å². The van der Waals surface area contributed by atoms with Crippen LogP contribution >= 0.6 is 0 Å². The van der Waals surface area contributed by atoms with E-state index in [0.717, 1.165) is 6.54 Å². The Labute approximate surface area is 65.4 Å². The lowest BCUT2D eigenvalue weighted by Crippen LogP contribution is -2.38. The second-order valence-electron chi connectivity index (χ2n) is 4.29. The van der Waals surface area contributed by atoms with Crippen LogP contribution in [0, 0.1) is 13.0 Å². The first-order valence-electron chi connectivity index (χ1n) is 3.92. The SMILES string of the molecule is [CH2]N(CC(C)C)C(C)(C)C. The molecule has 0 rings (SSSR count). The molecule has 1 nitrogen and oxygen atoms in total. The highest BCUT2D eigenvalue weighted by molar-refractivity contribution is 4.75. The highest BCUT2D eigenvalue weighted by Crippen LogP contribution is 2.12. The molecule has 0 amide bonds. The summed E-state index contributed by atoms with van der Waals surface area (Å²) in [6.45, 7) is 12.0. The van der Waals surface area contributed by atoms with Crippen LogP contribution in [-0.2, 0) is 0 Å². The lowest BCUT2D eigenvalue weighted by Gasteiger charge is -2.32. The van der Waals surface area contributed by atoms with Crippen LogP contribution < -0.4 is 0 Å². The topological polar surface area (TPSA) is 3.24 Å². The quantitative estimate of drug-likeness (QED) is 0.572. The van der Waals surface area contributed by atoms with Crippen molar-refractivity contribution in [2.75, 3.05) is 6.54 Å². The van der Waals surface area contributed by atoms with Crippen LogP contribution in [0.3, 0.4) is 0 Å². The molecule has 0 aliphatic heterocycles. The average Bonchev–Trinajstić information content (AvgIpc) is 1.60. The molecule has 1 radical (unpaired) electrons. The zero-order chi connectivity index (χ0) is 8.36. The second-order valence-corrected chi connectivity index (χ2v) is 4.29. The number of hydrogen-bond acceptors (Lipinski definition) is 1. The fourth-order valence-corrected chi connectivity index (χ4v) is 0.715. The highest BCUT2D eigenvalue weighted by atomic mass is 15.2. The van der Waals surface area contributed by atoms with E-state index < -0.39 is 0 Å². The minimum absolute atomic E-state index is 0.213. The van der Waals surface area contributed by atoms with Crippen molar-refractivity contribution in [1.29, 1.82) is 0 Å². The smallest absolute Gasteiger partial charge is 0.0125 e. The summed E-state index contributed by atoms with van der Waals surface area (Å²) in [6, 6.07) is 0. The molecule has 0 atom stereocenters. The summed E-state index contributed by atoms with van der Waals surface area (Å²) >= 11 is 0. The van der Waals surface area contributed by atoms with Crippen molar-refractivity contribution in [3.63, 3.8) is 0 Å². The molecule has 1 heteroatoms. The van der Waals surface area contributed by atoms with E-state index in [2.05, 4.69) is 46.6 Å². The van der Waals surface area contributed by atoms with Gasteiger partial charge in [-0.15, -0.1) is 0 Å². The van der Waals surface area contributed by atoms with Gasteiger partial charge in [0.05, 0.1) is 0 Å². The summed E-state index contributed by atoms with van der Waals surface area (Å²) in [7, 11) is 3.98. The number of hydrogen-bond donors (Lipinski definition) is 0. The molecule has 0 aromatic heterocycles. The monoisotopic (exact) mass is 142 g/mol. The van der Waals surface area contributed by atoms with Crippen molar-refractivity contribution in [1.82, 2.24) is 4.90 Å². The van der Waals surface area contributed by atoms with Gasteiger partial charge in [-0.2, -0.15) is 0 Å². The van der Waals surface area contributed by atoms with E-state index in [1.807, 2.05) is 0 Å². The van der Waals surface area contributed by atoms with Crippen LogP contribution in [0.15, 0.2) is 0 Å². The summed E-state index contributed by atoms with van der Waals surface area (Å²) in [4.78, 5) is 2.14. The van der Waals surface area contributed by atoms with Gasteiger partial charge in [0.2, 0.25) is 0 Å². The van der Waals surface area contributed by atoms with Gasteiger partial charge in [-0.05, 0) is 26.7 Å². The van der Waals surface area contributed by atoms with Crippen molar-refractivity contribution < 1.29 is 0 Å². The predicted molar refractivity (Wildman–Crippen MR) is 46.7 cm³/mol. The summed E-state index contributed by atoms with van der Waals surface area (Å²) in [6.07, 6.45) is 0. The lowest BCUT2D eigenvalue weighted by molar-refractivity contribution is 0.181. The molecule has 0 unspecified atom stereocenters. The standard InChI is InChI=1S/C9H20N/c1-8(2)7-10(6)9(3,4)5/h8H,6-7H2,1-5H3. The van der Waals surface area contributed by atoms with Crippen LogP contribution in [0.25, 0.3) is 0 Å². The van der Waals surface area contributed by atoms with Gasteiger partial charge >= 0.3 is 0 Å². The third-order valence-corrected chi connectivity index (χ3v) is 1.53. The van der Waals surface area contributed by atoms with Crippen LogP contribution in [0.5, 0.6) is 0 Å². The molecule has 0 saturated heterocycles. The Hall–Kier alpha value is -0.0400. The Bertz CT molecular complexity index is 89.4. The maximum Gasteiger partial charge on any atom is 0.0125 e. The van der Waals surface area contributed by atoms with Crippen LogP contribution in [0.1, 0.15) is 34.6 Å². The summed E-state index contributed by atoms with van der Waals surface area (Å²) in [5, 5.41) is 0. The Morgan fingerprint density at radius 1 is 1.30 bits per heavy atom. The summed E-state index contributed by atoms with van der Waals surface area (Å²) in [5.41, 5.74) is 0.213. The van der Waals surface area contributed by atoms with Crippen molar-refractivity contribution >= 4 is 0 Å². The Morgan fingerprint density at radius 2 is 1.70 bits per heavy atom. The van der Waals surface area contributed by atoms with E-state index in [1.165, 1.54) is 0 Å². The third-order valence-electron chi connectivity index (χ3n) is 1.53. The van der Waals surface area contributed by atoms with Gasteiger partial charge in [0.15, 0.2) is 0 Å². The average molecular weight is 142 g/mol. The van der Waals surface area contributed by atoms with E-state index >= 15 is 0 Å². The molecule has 0 aliphatic carbocycles. The molecule has 0 aromatic rings. The van der Waals surface area contributed by atoms with E-state index in [9.17, 15) is 0 Å². The summed E-state index contributed by atoms with van der Waals surface area (Å²) < 4.78 is 0. The van der Waals surface area contributed by atoms with Crippen LogP contribution in [0.4, 0.5) is 0 Å². The van der Waals surface area contributed by atoms with E-state index in [4.69, 9.17) is 0 Å². The van der Waals surface area contributed by atoms with Crippen LogP contribution in [0.2, 0.25) is 0 Å². The van der Waals surface area contributed by atoms with Gasteiger partial charge in [-0.3, -0.25) is 4.90 Å². The molecule has 0 bridgehead atoms. The maximum absolute atomic E-state index is 3.98. The first-order valence-corrected chi connectivity index (χ1v) is 3.92. The van der Waals surface area contributed by atoms with E-state index in [-0.39, 0.29) is 5.54 Å². The third kappa shape index (κ3) is 3.89. The Balaban J connectivity index is 3.73. The Morgan fingerprint density at radius 3 is 1.80 bits per heavy atom. The predicted octanol–water partition coefficient (Wildman–Crippen LogP) is 2.53. The fourth-order valence-electron chi connectivity index (χ4n) is 0.715.